The van der Waals surface area contributed by atoms with Gasteiger partial charge in [0.25, 0.3) is 0 Å². The van der Waals surface area contributed by atoms with E-state index in [-0.39, 0.29) is 0 Å². The van der Waals surface area contributed by atoms with Crippen LogP contribution >= 0.6 is 0 Å². The van der Waals surface area contributed by atoms with Gasteiger partial charge in [-0.1, -0.05) is 0 Å². The van der Waals surface area contributed by atoms with Gasteiger partial charge in [0.1, 0.15) is 0 Å². The summed E-state index contributed by atoms with van der Waals surface area (Å²) in [6.07, 6.45) is 0.936. The predicted molar refractivity (Wildman–Crippen MR) is 67.0 cm³/mol. The fourth-order valence-corrected chi connectivity index (χ4v) is 2.37. The van der Waals surface area contributed by atoms with Gasteiger partial charge in [0.2, 0.25) is 11.8 Å². The number of methoxy groups -OCH3 is 1. The van der Waals surface area contributed by atoms with Gasteiger partial charge in [-0.2, -0.15) is 4.98 Å². The van der Waals surface area contributed by atoms with E-state index < -0.39 is 0 Å². The summed E-state index contributed by atoms with van der Waals surface area (Å²) in [5.41, 5.74) is 2.21. The van der Waals surface area contributed by atoms with Crippen molar-refractivity contribution in [1.82, 2.24) is 15.3 Å². The van der Waals surface area contributed by atoms with Gasteiger partial charge in [0.05, 0.1) is 26.0 Å². The molecule has 0 aliphatic carbocycles. The lowest BCUT2D eigenvalue weighted by Gasteiger charge is -2.28. The number of nitrogens with one attached hydrogen (secondary N) is 1. The highest BCUT2D eigenvalue weighted by Crippen LogP contribution is 2.25. The average molecular weight is 250 g/mol. The summed E-state index contributed by atoms with van der Waals surface area (Å²) in [6.45, 7) is 4.94. The Labute approximate surface area is 106 Å². The Morgan fingerprint density at radius 1 is 1.28 bits per heavy atom. The SMILES string of the molecule is COc1nc(N2CCOCC2)nc2c1CNCC2. The van der Waals surface area contributed by atoms with Crippen molar-refractivity contribution in [3.05, 3.63) is 11.3 Å². The zero-order valence-corrected chi connectivity index (χ0v) is 10.6. The second-order valence-corrected chi connectivity index (χ2v) is 4.48. The molecule has 0 spiro atoms. The molecule has 0 radical (unpaired) electrons. The molecule has 1 aromatic rings. The molecule has 0 aromatic carbocycles. The van der Waals surface area contributed by atoms with Crippen molar-refractivity contribution in [3.8, 4) is 5.88 Å². The molecule has 1 aromatic heterocycles. The zero-order chi connectivity index (χ0) is 12.4. The molecule has 0 atom stereocenters. The van der Waals surface area contributed by atoms with Crippen LogP contribution in [0.2, 0.25) is 0 Å². The molecule has 2 aliphatic heterocycles. The summed E-state index contributed by atoms with van der Waals surface area (Å²) in [7, 11) is 1.67. The van der Waals surface area contributed by atoms with Crippen molar-refractivity contribution in [2.45, 2.75) is 13.0 Å². The quantitative estimate of drug-likeness (QED) is 0.795. The molecular weight excluding hydrogens is 232 g/mol. The van der Waals surface area contributed by atoms with Crippen molar-refractivity contribution >= 4 is 5.95 Å². The molecule has 1 saturated heterocycles. The highest BCUT2D eigenvalue weighted by atomic mass is 16.5. The van der Waals surface area contributed by atoms with Crippen LogP contribution in [0.4, 0.5) is 5.95 Å². The molecule has 6 nitrogen and oxygen atoms in total. The number of fused-ring (bicyclic) bond motifs is 1. The average Bonchev–Trinajstić information content (AvgIpc) is 2.47. The molecule has 98 valence electrons. The maximum absolute atomic E-state index is 5.40. The molecule has 0 unspecified atom stereocenters. The summed E-state index contributed by atoms with van der Waals surface area (Å²) in [5.74, 6) is 1.48. The molecule has 0 amide bonds. The van der Waals surface area contributed by atoms with E-state index in [1.807, 2.05) is 0 Å². The van der Waals surface area contributed by atoms with E-state index in [0.29, 0.717) is 5.88 Å². The first-order chi connectivity index (χ1) is 8.88. The lowest BCUT2D eigenvalue weighted by atomic mass is 10.1. The minimum atomic E-state index is 0.702. The Hall–Kier alpha value is -1.40. The number of anilines is 1. The zero-order valence-electron chi connectivity index (χ0n) is 10.6. The van der Waals surface area contributed by atoms with Crippen molar-refractivity contribution in [3.63, 3.8) is 0 Å². The third kappa shape index (κ3) is 2.13. The highest BCUT2D eigenvalue weighted by molar-refractivity contribution is 5.41. The van der Waals surface area contributed by atoms with E-state index in [2.05, 4.69) is 20.2 Å². The number of ether oxygens (including phenoxy) is 2. The summed E-state index contributed by atoms with van der Waals surface area (Å²) < 4.78 is 10.7. The molecule has 1 N–H and O–H groups in total. The van der Waals surface area contributed by atoms with Gasteiger partial charge in [-0.3, -0.25) is 0 Å². The van der Waals surface area contributed by atoms with Gasteiger partial charge in [-0.25, -0.2) is 4.98 Å². The molecule has 1 fully saturated rings. The van der Waals surface area contributed by atoms with Crippen LogP contribution < -0.4 is 15.0 Å². The van der Waals surface area contributed by atoms with E-state index in [1.165, 1.54) is 0 Å². The Bertz CT molecular complexity index is 415. The molecule has 6 heteroatoms. The number of hydrogen-bond donors (Lipinski definition) is 1. The van der Waals surface area contributed by atoms with Gasteiger partial charge < -0.3 is 19.7 Å². The van der Waals surface area contributed by atoms with Gasteiger partial charge in [-0.05, 0) is 0 Å². The van der Waals surface area contributed by atoms with Crippen LogP contribution in [0.5, 0.6) is 5.88 Å². The standard InChI is InChI=1S/C12H18N4O2/c1-17-11-9-8-13-3-2-10(9)14-12(15-11)16-4-6-18-7-5-16/h13H,2-8H2,1H3. The first kappa shape index (κ1) is 11.7. The number of morpholine rings is 1. The van der Waals surface area contributed by atoms with Crippen molar-refractivity contribution in [2.75, 3.05) is 44.9 Å². The summed E-state index contributed by atoms with van der Waals surface area (Å²) in [4.78, 5) is 11.4. The Morgan fingerprint density at radius 3 is 2.89 bits per heavy atom. The van der Waals surface area contributed by atoms with Crippen molar-refractivity contribution < 1.29 is 9.47 Å². The fourth-order valence-electron chi connectivity index (χ4n) is 2.37. The first-order valence-electron chi connectivity index (χ1n) is 6.35. The molecule has 18 heavy (non-hydrogen) atoms. The minimum Gasteiger partial charge on any atom is -0.481 e. The fraction of sp³-hybridized carbons (Fsp3) is 0.667. The van der Waals surface area contributed by atoms with Crippen LogP contribution in [0, 0.1) is 0 Å². The Morgan fingerprint density at radius 2 is 2.11 bits per heavy atom. The predicted octanol–water partition coefficient (Wildman–Crippen LogP) is -0.0325. The smallest absolute Gasteiger partial charge is 0.229 e. The first-order valence-corrected chi connectivity index (χ1v) is 6.35. The third-order valence-electron chi connectivity index (χ3n) is 3.37. The van der Waals surface area contributed by atoms with E-state index in [4.69, 9.17) is 9.47 Å². The summed E-state index contributed by atoms with van der Waals surface area (Å²) in [5, 5.41) is 3.32. The number of hydrogen-bond acceptors (Lipinski definition) is 6. The minimum absolute atomic E-state index is 0.702. The summed E-state index contributed by atoms with van der Waals surface area (Å²) in [6, 6.07) is 0. The number of rotatable bonds is 2. The summed E-state index contributed by atoms with van der Waals surface area (Å²) >= 11 is 0. The van der Waals surface area contributed by atoms with Gasteiger partial charge in [0.15, 0.2) is 0 Å². The maximum atomic E-state index is 5.40. The molecule has 3 rings (SSSR count). The van der Waals surface area contributed by atoms with Crippen LogP contribution in [-0.2, 0) is 17.7 Å². The van der Waals surface area contributed by atoms with E-state index >= 15 is 0 Å². The molecule has 3 heterocycles. The number of nitrogens with zero attached hydrogens (tertiary/aromatic N) is 3. The lowest BCUT2D eigenvalue weighted by molar-refractivity contribution is 0.122. The van der Waals surface area contributed by atoms with Crippen LogP contribution in [0.25, 0.3) is 0 Å². The van der Waals surface area contributed by atoms with E-state index in [1.54, 1.807) is 7.11 Å². The van der Waals surface area contributed by atoms with Gasteiger partial charge in [0, 0.05) is 38.2 Å². The molecule has 2 aliphatic rings. The normalized spacial score (nSPS) is 19.5. The molecular formula is C12H18N4O2. The maximum Gasteiger partial charge on any atom is 0.229 e. The number of aromatic nitrogens is 2. The van der Waals surface area contributed by atoms with Crippen LogP contribution in [0.1, 0.15) is 11.3 Å². The monoisotopic (exact) mass is 250 g/mol. The Balaban J connectivity index is 1.94. The second-order valence-electron chi connectivity index (χ2n) is 4.48. The highest BCUT2D eigenvalue weighted by Gasteiger charge is 2.21. The largest absolute Gasteiger partial charge is 0.481 e. The molecule has 0 saturated carbocycles. The van der Waals surface area contributed by atoms with Crippen LogP contribution in [0.15, 0.2) is 0 Å². The second kappa shape index (κ2) is 5.07. The lowest BCUT2D eigenvalue weighted by Crippen LogP contribution is -2.38. The van der Waals surface area contributed by atoms with Crippen molar-refractivity contribution in [1.29, 1.82) is 0 Å². The third-order valence-corrected chi connectivity index (χ3v) is 3.37. The van der Waals surface area contributed by atoms with Crippen molar-refractivity contribution in [2.24, 2.45) is 0 Å². The Kier molecular flexibility index (Phi) is 3.29. The van der Waals surface area contributed by atoms with E-state index in [0.717, 1.165) is 63.0 Å². The van der Waals surface area contributed by atoms with E-state index in [9.17, 15) is 0 Å². The van der Waals surface area contributed by atoms with Crippen LogP contribution in [-0.4, -0.2) is 49.9 Å². The van der Waals surface area contributed by atoms with Gasteiger partial charge >= 0.3 is 0 Å². The topological polar surface area (TPSA) is 59.5 Å². The van der Waals surface area contributed by atoms with Gasteiger partial charge in [-0.15, -0.1) is 0 Å². The molecule has 0 bridgehead atoms. The van der Waals surface area contributed by atoms with Crippen LogP contribution in [0.3, 0.4) is 0 Å².